The fourth-order valence-corrected chi connectivity index (χ4v) is 3.42. The molecule has 31 heavy (non-hydrogen) atoms. The fourth-order valence-electron chi connectivity index (χ4n) is 3.42. The Bertz CT molecular complexity index is 1240. The molecule has 0 saturated carbocycles. The summed E-state index contributed by atoms with van der Waals surface area (Å²) < 4.78 is 11.5. The lowest BCUT2D eigenvalue weighted by atomic mass is 10.1. The van der Waals surface area contributed by atoms with Gasteiger partial charge in [-0.05, 0) is 53.6 Å². The molecule has 0 heterocycles. The molecule has 0 spiro atoms. The molecule has 0 bridgehead atoms. The number of allylic oxidation sites excluding steroid dienone is 1. The van der Waals surface area contributed by atoms with Crippen molar-refractivity contribution in [2.45, 2.75) is 13.5 Å². The molecule has 4 rings (SSSR count). The molecule has 0 aliphatic heterocycles. The van der Waals surface area contributed by atoms with Gasteiger partial charge in [-0.25, -0.2) is 0 Å². The molecule has 0 N–H and O–H groups in total. The van der Waals surface area contributed by atoms with E-state index in [4.69, 9.17) is 9.47 Å². The maximum absolute atomic E-state index is 12.4. The second-order valence-electron chi connectivity index (χ2n) is 7.43. The fraction of sp³-hybridized carbons (Fsp3) is 0.107. The van der Waals surface area contributed by atoms with Gasteiger partial charge < -0.3 is 9.47 Å². The highest BCUT2D eigenvalue weighted by Crippen LogP contribution is 2.25. The van der Waals surface area contributed by atoms with Crippen molar-refractivity contribution in [1.82, 2.24) is 0 Å². The van der Waals surface area contributed by atoms with Crippen molar-refractivity contribution in [1.29, 1.82) is 0 Å². The van der Waals surface area contributed by atoms with Crippen LogP contribution in [0.25, 0.3) is 16.8 Å². The first kappa shape index (κ1) is 20.4. The predicted octanol–water partition coefficient (Wildman–Crippen LogP) is 6.63. The van der Waals surface area contributed by atoms with Crippen molar-refractivity contribution >= 4 is 22.6 Å². The van der Waals surface area contributed by atoms with E-state index in [0.29, 0.717) is 12.2 Å². The summed E-state index contributed by atoms with van der Waals surface area (Å²) in [4.78, 5) is 12.4. The predicted molar refractivity (Wildman–Crippen MR) is 126 cm³/mol. The van der Waals surface area contributed by atoms with Crippen molar-refractivity contribution in [3.05, 3.63) is 113 Å². The minimum absolute atomic E-state index is 0.0234. The number of rotatable bonds is 7. The zero-order chi connectivity index (χ0) is 21.6. The van der Waals surface area contributed by atoms with E-state index in [1.807, 2.05) is 79.7 Å². The molecule has 0 aliphatic carbocycles. The number of ketones is 1. The third kappa shape index (κ3) is 5.01. The summed E-state index contributed by atoms with van der Waals surface area (Å²) in [6, 6.07) is 27.6. The molecule has 0 amide bonds. The number of fused-ring (bicyclic) bond motifs is 1. The Morgan fingerprint density at radius 3 is 2.42 bits per heavy atom. The summed E-state index contributed by atoms with van der Waals surface area (Å²) in [5.74, 6) is 1.53. The molecule has 0 radical (unpaired) electrons. The number of carbonyl (C=O) groups excluding carboxylic acids is 1. The highest BCUT2D eigenvalue weighted by molar-refractivity contribution is 6.06. The van der Waals surface area contributed by atoms with E-state index < -0.39 is 0 Å². The average Bonchev–Trinajstić information content (AvgIpc) is 2.81. The average molecular weight is 408 g/mol. The van der Waals surface area contributed by atoms with Crippen LogP contribution in [0.3, 0.4) is 0 Å². The molecule has 0 aliphatic rings. The van der Waals surface area contributed by atoms with Crippen molar-refractivity contribution < 1.29 is 14.3 Å². The Balaban J connectivity index is 1.50. The number of methoxy groups -OCH3 is 1. The standard InChI is InChI=1S/C28H24O3/c1-20-7-11-23(12-8-20)27(29)15-9-21-10-16-28(30-2)25(17-21)19-31-26-14-13-22-5-3-4-6-24(22)18-26/h3-18H,19H2,1-2H3/b15-9+. The smallest absolute Gasteiger partial charge is 0.185 e. The Morgan fingerprint density at radius 2 is 1.65 bits per heavy atom. The summed E-state index contributed by atoms with van der Waals surface area (Å²) in [6.45, 7) is 2.37. The van der Waals surface area contributed by atoms with Crippen LogP contribution in [0.4, 0.5) is 0 Å². The molecule has 0 unspecified atom stereocenters. The van der Waals surface area contributed by atoms with E-state index in [9.17, 15) is 4.79 Å². The molecule has 4 aromatic carbocycles. The number of carbonyl (C=O) groups is 1. The summed E-state index contributed by atoms with van der Waals surface area (Å²) >= 11 is 0. The number of hydrogen-bond donors (Lipinski definition) is 0. The van der Waals surface area contributed by atoms with Crippen LogP contribution in [0.15, 0.2) is 91.0 Å². The van der Waals surface area contributed by atoms with E-state index in [2.05, 4.69) is 18.2 Å². The molecule has 0 aromatic heterocycles. The maximum Gasteiger partial charge on any atom is 0.185 e. The van der Waals surface area contributed by atoms with Crippen LogP contribution in [-0.4, -0.2) is 12.9 Å². The van der Waals surface area contributed by atoms with Crippen molar-refractivity contribution in [2.24, 2.45) is 0 Å². The summed E-state index contributed by atoms with van der Waals surface area (Å²) in [5, 5.41) is 2.32. The molecule has 3 nitrogen and oxygen atoms in total. The molecule has 0 atom stereocenters. The Kier molecular flexibility index (Phi) is 6.13. The lowest BCUT2D eigenvalue weighted by molar-refractivity contribution is 0.104. The third-order valence-electron chi connectivity index (χ3n) is 5.18. The maximum atomic E-state index is 12.4. The monoisotopic (exact) mass is 408 g/mol. The van der Waals surface area contributed by atoms with E-state index in [0.717, 1.165) is 33.6 Å². The Hall–Kier alpha value is -3.85. The minimum Gasteiger partial charge on any atom is -0.496 e. The number of ether oxygens (including phenoxy) is 2. The van der Waals surface area contributed by atoms with Gasteiger partial charge in [0.05, 0.1) is 7.11 Å². The van der Waals surface area contributed by atoms with Gasteiger partial charge >= 0.3 is 0 Å². The van der Waals surface area contributed by atoms with E-state index in [-0.39, 0.29) is 5.78 Å². The molecular formula is C28H24O3. The highest BCUT2D eigenvalue weighted by atomic mass is 16.5. The van der Waals surface area contributed by atoms with E-state index >= 15 is 0 Å². The van der Waals surface area contributed by atoms with Crippen LogP contribution in [0.5, 0.6) is 11.5 Å². The number of hydrogen-bond acceptors (Lipinski definition) is 3. The largest absolute Gasteiger partial charge is 0.496 e. The topological polar surface area (TPSA) is 35.5 Å². The first-order chi connectivity index (χ1) is 15.1. The van der Waals surface area contributed by atoms with Gasteiger partial charge in [0.2, 0.25) is 0 Å². The van der Waals surface area contributed by atoms with Gasteiger partial charge in [0.1, 0.15) is 18.1 Å². The second-order valence-corrected chi connectivity index (χ2v) is 7.43. The Morgan fingerprint density at radius 1 is 0.871 bits per heavy atom. The Labute approximate surface area is 182 Å². The van der Waals surface area contributed by atoms with Gasteiger partial charge in [0.25, 0.3) is 0 Å². The number of aryl methyl sites for hydroxylation is 1. The summed E-state index contributed by atoms with van der Waals surface area (Å²) in [7, 11) is 1.64. The van der Waals surface area contributed by atoms with Crippen LogP contribution in [0.1, 0.15) is 27.0 Å². The normalized spacial score (nSPS) is 11.0. The third-order valence-corrected chi connectivity index (χ3v) is 5.18. The van der Waals surface area contributed by atoms with Gasteiger partial charge in [-0.1, -0.05) is 72.3 Å². The van der Waals surface area contributed by atoms with Gasteiger partial charge in [0.15, 0.2) is 5.78 Å². The van der Waals surface area contributed by atoms with Crippen molar-refractivity contribution in [3.8, 4) is 11.5 Å². The molecule has 4 aromatic rings. The number of benzene rings is 4. The van der Waals surface area contributed by atoms with E-state index in [1.54, 1.807) is 13.2 Å². The highest BCUT2D eigenvalue weighted by Gasteiger charge is 2.07. The van der Waals surface area contributed by atoms with Crippen LogP contribution < -0.4 is 9.47 Å². The minimum atomic E-state index is -0.0234. The van der Waals surface area contributed by atoms with Crippen LogP contribution in [0, 0.1) is 6.92 Å². The molecular weight excluding hydrogens is 384 g/mol. The molecule has 154 valence electrons. The lowest BCUT2D eigenvalue weighted by Gasteiger charge is -2.12. The van der Waals surface area contributed by atoms with Crippen molar-refractivity contribution in [3.63, 3.8) is 0 Å². The second kappa shape index (κ2) is 9.31. The zero-order valence-electron chi connectivity index (χ0n) is 17.7. The van der Waals surface area contributed by atoms with Crippen LogP contribution in [0.2, 0.25) is 0 Å². The van der Waals surface area contributed by atoms with Gasteiger partial charge in [-0.15, -0.1) is 0 Å². The first-order valence-electron chi connectivity index (χ1n) is 10.2. The van der Waals surface area contributed by atoms with E-state index in [1.165, 1.54) is 5.39 Å². The molecule has 0 saturated heterocycles. The summed E-state index contributed by atoms with van der Waals surface area (Å²) in [5.41, 5.74) is 3.64. The van der Waals surface area contributed by atoms with Crippen LogP contribution >= 0.6 is 0 Å². The summed E-state index contributed by atoms with van der Waals surface area (Å²) in [6.07, 6.45) is 3.42. The van der Waals surface area contributed by atoms with Gasteiger partial charge in [-0.2, -0.15) is 0 Å². The van der Waals surface area contributed by atoms with Crippen molar-refractivity contribution in [2.75, 3.05) is 7.11 Å². The SMILES string of the molecule is COc1ccc(/C=C/C(=O)c2ccc(C)cc2)cc1COc1ccc2ccccc2c1. The van der Waals surface area contributed by atoms with Crippen LogP contribution in [-0.2, 0) is 6.61 Å². The quantitative estimate of drug-likeness (QED) is 0.254. The van der Waals surface area contributed by atoms with Gasteiger partial charge in [-0.3, -0.25) is 4.79 Å². The molecule has 3 heteroatoms. The zero-order valence-corrected chi connectivity index (χ0v) is 17.7. The van der Waals surface area contributed by atoms with Gasteiger partial charge in [0, 0.05) is 11.1 Å². The molecule has 0 fully saturated rings. The first-order valence-corrected chi connectivity index (χ1v) is 10.2. The lowest BCUT2D eigenvalue weighted by Crippen LogP contribution is -1.99.